The average Bonchev–Trinajstić information content (AvgIpc) is 2.74. The van der Waals surface area contributed by atoms with Gasteiger partial charge in [0.1, 0.15) is 0 Å². The van der Waals surface area contributed by atoms with Crippen LogP contribution < -0.4 is 0 Å². The molecule has 2 aliphatic carbocycles. The first-order valence-electron chi connectivity index (χ1n) is 6.47. The first-order chi connectivity index (χ1) is 6.92. The Morgan fingerprint density at radius 2 is 1.21 bits per heavy atom. The molecule has 0 unspecified atom stereocenters. The van der Waals surface area contributed by atoms with Crippen LogP contribution in [0.15, 0.2) is 0 Å². The number of hydrogen-bond acceptors (Lipinski definition) is 1. The molecular weight excluding hydrogens is 170 g/mol. The molecular formula is C13H24N. The van der Waals surface area contributed by atoms with E-state index in [-0.39, 0.29) is 0 Å². The lowest BCUT2D eigenvalue weighted by Gasteiger charge is -2.37. The second-order valence-corrected chi connectivity index (χ2v) is 4.97. The van der Waals surface area contributed by atoms with Crippen LogP contribution in [0.2, 0.25) is 0 Å². The highest BCUT2D eigenvalue weighted by Gasteiger charge is 2.28. The maximum atomic E-state index is 4.13. The van der Waals surface area contributed by atoms with Gasteiger partial charge >= 0.3 is 0 Å². The summed E-state index contributed by atoms with van der Waals surface area (Å²) in [4.78, 5) is 2.71. The van der Waals surface area contributed by atoms with Crippen molar-refractivity contribution in [3.05, 3.63) is 6.92 Å². The van der Waals surface area contributed by atoms with Gasteiger partial charge in [-0.2, -0.15) is 0 Å². The van der Waals surface area contributed by atoms with Crippen LogP contribution in [0.25, 0.3) is 0 Å². The first-order valence-corrected chi connectivity index (χ1v) is 6.47. The summed E-state index contributed by atoms with van der Waals surface area (Å²) in [6.45, 7) is 5.17. The summed E-state index contributed by atoms with van der Waals surface area (Å²) in [6, 6.07) is 1.76. The van der Waals surface area contributed by atoms with Crippen molar-refractivity contribution in [3.8, 4) is 0 Å². The molecule has 0 saturated heterocycles. The standard InChI is InChI=1S/C13H24N/c1-2-14(13-10-6-7-11-13)12-8-4-3-5-9-12/h12-13H,1-11H2. The summed E-state index contributed by atoms with van der Waals surface area (Å²) < 4.78 is 0. The number of hydrogen-bond donors (Lipinski definition) is 0. The van der Waals surface area contributed by atoms with Crippen molar-refractivity contribution in [1.82, 2.24) is 4.90 Å². The molecule has 81 valence electrons. The number of nitrogens with zero attached hydrogens (tertiary/aromatic N) is 1. The van der Waals surface area contributed by atoms with Crippen LogP contribution in [0.1, 0.15) is 57.8 Å². The van der Waals surface area contributed by atoms with Crippen molar-refractivity contribution in [2.45, 2.75) is 69.9 Å². The predicted octanol–water partition coefficient (Wildman–Crippen LogP) is 3.40. The van der Waals surface area contributed by atoms with E-state index in [4.69, 9.17) is 0 Å². The highest BCUT2D eigenvalue weighted by Crippen LogP contribution is 2.30. The van der Waals surface area contributed by atoms with Gasteiger partial charge in [-0.1, -0.05) is 32.1 Å². The Bertz CT molecular complexity index is 155. The highest BCUT2D eigenvalue weighted by atomic mass is 15.2. The van der Waals surface area contributed by atoms with Gasteiger partial charge in [0.25, 0.3) is 0 Å². The van der Waals surface area contributed by atoms with Gasteiger partial charge in [0.2, 0.25) is 0 Å². The van der Waals surface area contributed by atoms with Gasteiger partial charge in [-0.3, -0.25) is 4.90 Å². The molecule has 0 heterocycles. The Balaban J connectivity index is 1.89. The Hall–Kier alpha value is -0.0400. The van der Waals surface area contributed by atoms with Gasteiger partial charge < -0.3 is 0 Å². The van der Waals surface area contributed by atoms with Crippen molar-refractivity contribution < 1.29 is 0 Å². The fourth-order valence-electron chi connectivity index (χ4n) is 3.31. The van der Waals surface area contributed by atoms with Crippen molar-refractivity contribution in [1.29, 1.82) is 0 Å². The van der Waals surface area contributed by atoms with Gasteiger partial charge in [0.05, 0.1) is 0 Å². The Labute approximate surface area is 88.9 Å². The Kier molecular flexibility index (Phi) is 3.86. The van der Waals surface area contributed by atoms with E-state index in [1.54, 1.807) is 0 Å². The molecule has 1 heteroatoms. The maximum absolute atomic E-state index is 4.13. The summed E-state index contributed by atoms with van der Waals surface area (Å²) >= 11 is 0. The minimum Gasteiger partial charge on any atom is -0.297 e. The van der Waals surface area contributed by atoms with Crippen LogP contribution in [-0.2, 0) is 0 Å². The zero-order valence-corrected chi connectivity index (χ0v) is 9.38. The van der Waals surface area contributed by atoms with Gasteiger partial charge in [-0.15, -0.1) is 0 Å². The van der Waals surface area contributed by atoms with Crippen LogP contribution in [-0.4, -0.2) is 23.5 Å². The molecule has 1 radical (unpaired) electrons. The van der Waals surface area contributed by atoms with E-state index in [1.807, 2.05) is 0 Å². The Morgan fingerprint density at radius 3 is 1.64 bits per heavy atom. The number of rotatable bonds is 3. The largest absolute Gasteiger partial charge is 0.297 e. The summed E-state index contributed by atoms with van der Waals surface area (Å²) in [6.07, 6.45) is 13.0. The van der Waals surface area contributed by atoms with Crippen molar-refractivity contribution >= 4 is 0 Å². The maximum Gasteiger partial charge on any atom is 0.00981 e. The SMILES string of the molecule is [CH2]CN(C1CCCCC1)C1CCCC1. The van der Waals surface area contributed by atoms with Crippen LogP contribution in [0.3, 0.4) is 0 Å². The van der Waals surface area contributed by atoms with Crippen molar-refractivity contribution in [2.75, 3.05) is 6.54 Å². The lowest BCUT2D eigenvalue weighted by atomic mass is 9.93. The normalized spacial score (nSPS) is 26.1. The highest BCUT2D eigenvalue weighted by molar-refractivity contribution is 4.84. The molecule has 0 atom stereocenters. The second-order valence-electron chi connectivity index (χ2n) is 4.97. The molecule has 0 aromatic rings. The summed E-state index contributed by atoms with van der Waals surface area (Å²) in [7, 11) is 0. The van der Waals surface area contributed by atoms with E-state index in [0.29, 0.717) is 0 Å². The van der Waals surface area contributed by atoms with Gasteiger partial charge in [0, 0.05) is 12.1 Å². The van der Waals surface area contributed by atoms with E-state index in [0.717, 1.165) is 18.6 Å². The summed E-state index contributed by atoms with van der Waals surface area (Å²) in [5.41, 5.74) is 0. The molecule has 2 saturated carbocycles. The molecule has 0 aromatic heterocycles. The molecule has 14 heavy (non-hydrogen) atoms. The molecule has 0 aliphatic heterocycles. The van der Waals surface area contributed by atoms with Crippen molar-refractivity contribution in [2.24, 2.45) is 0 Å². The molecule has 0 aromatic carbocycles. The van der Waals surface area contributed by atoms with Crippen LogP contribution in [0.5, 0.6) is 0 Å². The van der Waals surface area contributed by atoms with E-state index in [2.05, 4.69) is 11.8 Å². The van der Waals surface area contributed by atoms with E-state index < -0.39 is 0 Å². The summed E-state index contributed by atoms with van der Waals surface area (Å²) in [5.74, 6) is 0. The molecule has 1 nitrogen and oxygen atoms in total. The van der Waals surface area contributed by atoms with E-state index in [9.17, 15) is 0 Å². The first kappa shape index (κ1) is 10.5. The predicted molar refractivity (Wildman–Crippen MR) is 61.2 cm³/mol. The smallest absolute Gasteiger partial charge is 0.00981 e. The van der Waals surface area contributed by atoms with Crippen LogP contribution in [0, 0.1) is 6.92 Å². The molecule has 0 amide bonds. The molecule has 2 aliphatic rings. The van der Waals surface area contributed by atoms with Crippen LogP contribution >= 0.6 is 0 Å². The Morgan fingerprint density at radius 1 is 0.786 bits per heavy atom. The third kappa shape index (κ3) is 2.31. The quantitative estimate of drug-likeness (QED) is 0.665. The zero-order valence-electron chi connectivity index (χ0n) is 9.38. The van der Waals surface area contributed by atoms with Gasteiger partial charge in [-0.25, -0.2) is 0 Å². The third-order valence-corrected chi connectivity index (χ3v) is 4.10. The molecule has 0 N–H and O–H groups in total. The van der Waals surface area contributed by atoms with Gasteiger partial charge in [-0.05, 0) is 39.2 Å². The monoisotopic (exact) mass is 194 g/mol. The van der Waals surface area contributed by atoms with E-state index >= 15 is 0 Å². The third-order valence-electron chi connectivity index (χ3n) is 4.10. The zero-order chi connectivity index (χ0) is 9.80. The second kappa shape index (κ2) is 5.16. The molecule has 0 spiro atoms. The molecule has 0 bridgehead atoms. The molecule has 2 rings (SSSR count). The lowest BCUT2D eigenvalue weighted by molar-refractivity contribution is 0.120. The molecule has 2 fully saturated rings. The minimum atomic E-state index is 0.879. The average molecular weight is 194 g/mol. The lowest BCUT2D eigenvalue weighted by Crippen LogP contribution is -2.42. The topological polar surface area (TPSA) is 3.24 Å². The van der Waals surface area contributed by atoms with Crippen LogP contribution in [0.4, 0.5) is 0 Å². The minimum absolute atomic E-state index is 0.879. The fourth-order valence-corrected chi connectivity index (χ4v) is 3.31. The van der Waals surface area contributed by atoms with Crippen molar-refractivity contribution in [3.63, 3.8) is 0 Å². The van der Waals surface area contributed by atoms with E-state index in [1.165, 1.54) is 57.8 Å². The van der Waals surface area contributed by atoms with Gasteiger partial charge in [0.15, 0.2) is 0 Å². The fraction of sp³-hybridized carbons (Fsp3) is 0.923. The summed E-state index contributed by atoms with van der Waals surface area (Å²) in [5, 5.41) is 0.